The monoisotopic (exact) mass is 384 g/mol. The Morgan fingerprint density at radius 2 is 2.19 bits per heavy atom. The lowest BCUT2D eigenvalue weighted by Crippen LogP contribution is -2.10. The highest BCUT2D eigenvalue weighted by atomic mass is 79.9. The van der Waals surface area contributed by atoms with Crippen LogP contribution in [-0.2, 0) is 11.2 Å². The summed E-state index contributed by atoms with van der Waals surface area (Å²) in [5, 5.41) is 5.91. The number of thiophene rings is 1. The van der Waals surface area contributed by atoms with Gasteiger partial charge in [0.05, 0.1) is 25.8 Å². The number of anilines is 2. The average Bonchev–Trinajstić information content (AvgIpc) is 2.92. The lowest BCUT2D eigenvalue weighted by atomic mass is 10.1. The molecule has 0 spiro atoms. The Morgan fingerprint density at radius 1 is 1.43 bits per heavy atom. The van der Waals surface area contributed by atoms with E-state index in [1.165, 1.54) is 11.3 Å². The fourth-order valence-electron chi connectivity index (χ4n) is 2.10. The lowest BCUT2D eigenvalue weighted by molar-refractivity contribution is -0.115. The van der Waals surface area contributed by atoms with E-state index in [-0.39, 0.29) is 11.8 Å². The number of carbonyl (C=O) groups excluding carboxylic acids is 2. The van der Waals surface area contributed by atoms with E-state index < -0.39 is 0 Å². The molecule has 0 unspecified atom stereocenters. The number of halogens is 2. The van der Waals surface area contributed by atoms with Crippen LogP contribution in [0.15, 0.2) is 22.0 Å². The third kappa shape index (κ3) is 2.84. The second-order valence-corrected chi connectivity index (χ2v) is 7.51. The Bertz CT molecular complexity index is 753. The number of rotatable bonds is 2. The molecule has 2 aromatic rings. The standard InChI is InChI=1S/C14H10BrClN2O2S/c1-6-2-11(21-13(6)15)14(20)18-10-3-7-4-12(19)17-9(7)5-8(10)16/h2-3,5H,4H2,1H3,(H,17,19)(H,18,20). The van der Waals surface area contributed by atoms with Gasteiger partial charge in [0.25, 0.3) is 5.91 Å². The molecule has 4 nitrogen and oxygen atoms in total. The number of benzene rings is 1. The van der Waals surface area contributed by atoms with E-state index in [1.54, 1.807) is 12.1 Å². The number of hydrogen-bond acceptors (Lipinski definition) is 3. The summed E-state index contributed by atoms with van der Waals surface area (Å²) in [6, 6.07) is 5.21. The number of nitrogens with one attached hydrogen (secondary N) is 2. The van der Waals surface area contributed by atoms with Crippen molar-refractivity contribution in [1.82, 2.24) is 0 Å². The molecule has 0 radical (unpaired) electrons. The van der Waals surface area contributed by atoms with Gasteiger partial charge in [0.15, 0.2) is 0 Å². The molecule has 1 aliphatic heterocycles. The Morgan fingerprint density at radius 3 is 2.86 bits per heavy atom. The maximum absolute atomic E-state index is 12.2. The Hall–Kier alpha value is -1.37. The number of hydrogen-bond donors (Lipinski definition) is 2. The second kappa shape index (κ2) is 5.44. The van der Waals surface area contributed by atoms with Crippen molar-refractivity contribution in [3.8, 4) is 0 Å². The molecule has 1 aliphatic rings. The number of aryl methyl sites for hydroxylation is 1. The summed E-state index contributed by atoms with van der Waals surface area (Å²) in [5.41, 5.74) is 3.07. The molecule has 0 saturated heterocycles. The predicted octanol–water partition coefficient (Wildman–Crippen LogP) is 4.22. The SMILES string of the molecule is Cc1cc(C(=O)Nc2cc3c(cc2Cl)NC(=O)C3)sc1Br. The van der Waals surface area contributed by atoms with Crippen LogP contribution in [-0.4, -0.2) is 11.8 Å². The van der Waals surface area contributed by atoms with Crippen LogP contribution < -0.4 is 10.6 Å². The van der Waals surface area contributed by atoms with Gasteiger partial charge in [-0.1, -0.05) is 11.6 Å². The molecule has 0 aliphatic carbocycles. The minimum Gasteiger partial charge on any atom is -0.325 e. The number of amides is 2. The van der Waals surface area contributed by atoms with E-state index in [1.807, 2.05) is 13.0 Å². The molecular weight excluding hydrogens is 376 g/mol. The summed E-state index contributed by atoms with van der Waals surface area (Å²) in [5.74, 6) is -0.282. The van der Waals surface area contributed by atoms with Crippen LogP contribution in [0.4, 0.5) is 11.4 Å². The highest BCUT2D eigenvalue weighted by molar-refractivity contribution is 9.11. The maximum Gasteiger partial charge on any atom is 0.265 e. The summed E-state index contributed by atoms with van der Waals surface area (Å²) < 4.78 is 0.933. The van der Waals surface area contributed by atoms with E-state index in [4.69, 9.17) is 11.6 Å². The first-order valence-electron chi connectivity index (χ1n) is 6.13. The molecule has 108 valence electrons. The molecule has 1 aromatic carbocycles. The van der Waals surface area contributed by atoms with Crippen molar-refractivity contribution in [2.24, 2.45) is 0 Å². The van der Waals surface area contributed by atoms with Crippen LogP contribution in [0.2, 0.25) is 5.02 Å². The smallest absolute Gasteiger partial charge is 0.265 e. The van der Waals surface area contributed by atoms with E-state index >= 15 is 0 Å². The summed E-state index contributed by atoms with van der Waals surface area (Å²) in [6.45, 7) is 1.93. The van der Waals surface area contributed by atoms with Gasteiger partial charge in [0, 0.05) is 5.69 Å². The van der Waals surface area contributed by atoms with Crippen molar-refractivity contribution in [1.29, 1.82) is 0 Å². The molecule has 2 N–H and O–H groups in total. The largest absolute Gasteiger partial charge is 0.325 e. The Labute approximate surface area is 138 Å². The van der Waals surface area contributed by atoms with Gasteiger partial charge in [0.1, 0.15) is 0 Å². The molecule has 21 heavy (non-hydrogen) atoms. The molecule has 3 rings (SSSR count). The predicted molar refractivity (Wildman–Crippen MR) is 88.5 cm³/mol. The molecule has 1 aromatic heterocycles. The summed E-state index contributed by atoms with van der Waals surface area (Å²) >= 11 is 10.9. The van der Waals surface area contributed by atoms with Gasteiger partial charge in [-0.2, -0.15) is 0 Å². The van der Waals surface area contributed by atoms with Crippen molar-refractivity contribution >= 4 is 62.1 Å². The molecule has 2 heterocycles. The zero-order valence-electron chi connectivity index (χ0n) is 10.9. The third-order valence-electron chi connectivity index (χ3n) is 3.15. The molecule has 0 fully saturated rings. The van der Waals surface area contributed by atoms with Crippen LogP contribution in [0.3, 0.4) is 0 Å². The molecule has 0 bridgehead atoms. The first kappa shape index (κ1) is 14.6. The molecule has 7 heteroatoms. The van der Waals surface area contributed by atoms with Crippen molar-refractivity contribution in [2.75, 3.05) is 10.6 Å². The van der Waals surface area contributed by atoms with E-state index in [2.05, 4.69) is 26.6 Å². The van der Waals surface area contributed by atoms with Crippen LogP contribution in [0, 0.1) is 6.92 Å². The Kier molecular flexibility index (Phi) is 3.77. The van der Waals surface area contributed by atoms with Crippen molar-refractivity contribution in [3.63, 3.8) is 0 Å². The van der Waals surface area contributed by atoms with Gasteiger partial charge in [-0.3, -0.25) is 9.59 Å². The number of carbonyl (C=O) groups is 2. The van der Waals surface area contributed by atoms with Gasteiger partial charge < -0.3 is 10.6 Å². The first-order valence-corrected chi connectivity index (χ1v) is 8.12. The molecule has 2 amide bonds. The molecule has 0 saturated carbocycles. The zero-order chi connectivity index (χ0) is 15.1. The fourth-order valence-corrected chi connectivity index (χ4v) is 3.74. The summed E-state index contributed by atoms with van der Waals surface area (Å²) in [7, 11) is 0. The minimum absolute atomic E-state index is 0.0673. The van der Waals surface area contributed by atoms with Gasteiger partial charge in [-0.25, -0.2) is 0 Å². The lowest BCUT2D eigenvalue weighted by Gasteiger charge is -2.08. The van der Waals surface area contributed by atoms with Gasteiger partial charge in [-0.05, 0) is 52.2 Å². The topological polar surface area (TPSA) is 58.2 Å². The maximum atomic E-state index is 12.2. The normalized spacial score (nSPS) is 13.0. The summed E-state index contributed by atoms with van der Waals surface area (Å²) in [6.07, 6.45) is 0.305. The third-order valence-corrected chi connectivity index (χ3v) is 5.60. The van der Waals surface area contributed by atoms with Crippen molar-refractivity contribution < 1.29 is 9.59 Å². The summed E-state index contributed by atoms with van der Waals surface area (Å²) in [4.78, 5) is 24.2. The van der Waals surface area contributed by atoms with Crippen LogP contribution in [0.1, 0.15) is 20.8 Å². The zero-order valence-corrected chi connectivity index (χ0v) is 14.1. The van der Waals surface area contributed by atoms with Crippen molar-refractivity contribution in [2.45, 2.75) is 13.3 Å². The highest BCUT2D eigenvalue weighted by Crippen LogP contribution is 2.34. The molecular formula is C14H10BrClN2O2S. The van der Waals surface area contributed by atoms with Gasteiger partial charge in [0.2, 0.25) is 5.91 Å². The highest BCUT2D eigenvalue weighted by Gasteiger charge is 2.21. The second-order valence-electron chi connectivity index (χ2n) is 4.74. The first-order chi connectivity index (χ1) is 9.94. The van der Waals surface area contributed by atoms with Crippen LogP contribution >= 0.6 is 38.9 Å². The van der Waals surface area contributed by atoms with E-state index in [0.29, 0.717) is 27.7 Å². The van der Waals surface area contributed by atoms with Crippen LogP contribution in [0.5, 0.6) is 0 Å². The Balaban J connectivity index is 1.87. The fraction of sp³-hybridized carbons (Fsp3) is 0.143. The van der Waals surface area contributed by atoms with Gasteiger partial charge in [-0.15, -0.1) is 11.3 Å². The van der Waals surface area contributed by atoms with Crippen molar-refractivity contribution in [3.05, 3.63) is 43.0 Å². The van der Waals surface area contributed by atoms with E-state index in [9.17, 15) is 9.59 Å². The van der Waals surface area contributed by atoms with E-state index in [0.717, 1.165) is 14.9 Å². The van der Waals surface area contributed by atoms with Gasteiger partial charge >= 0.3 is 0 Å². The number of fused-ring (bicyclic) bond motifs is 1. The van der Waals surface area contributed by atoms with Crippen LogP contribution in [0.25, 0.3) is 0 Å². The minimum atomic E-state index is -0.215. The molecule has 0 atom stereocenters. The average molecular weight is 386 g/mol. The quantitative estimate of drug-likeness (QED) is 0.813.